The van der Waals surface area contributed by atoms with E-state index in [0.717, 1.165) is 19.5 Å². The predicted octanol–water partition coefficient (Wildman–Crippen LogP) is 2.92. The Morgan fingerprint density at radius 1 is 1.16 bits per heavy atom. The molecule has 1 saturated carbocycles. The van der Waals surface area contributed by atoms with Crippen LogP contribution in [0.2, 0.25) is 0 Å². The second kappa shape index (κ2) is 7.26. The number of nitrogens with zero attached hydrogens (tertiary/aromatic N) is 2. The van der Waals surface area contributed by atoms with E-state index in [-0.39, 0.29) is 6.04 Å². The second-order valence-corrected chi connectivity index (χ2v) is 6.43. The van der Waals surface area contributed by atoms with Crippen LogP contribution < -0.4 is 5.32 Å². The molecule has 2 aliphatic rings. The van der Waals surface area contributed by atoms with Gasteiger partial charge in [0.1, 0.15) is 0 Å². The molecule has 2 fully saturated rings. The summed E-state index contributed by atoms with van der Waals surface area (Å²) in [5, 5.41) is 12.3. The molecule has 3 nitrogen and oxygen atoms in total. The average Bonchev–Trinajstić information content (AvgIpc) is 2.46. The fraction of sp³-hybridized carbons (Fsp3) is 0.938. The number of likely N-dealkylation sites (tertiary alicyclic amines) is 1. The van der Waals surface area contributed by atoms with Gasteiger partial charge in [-0.2, -0.15) is 5.26 Å². The van der Waals surface area contributed by atoms with Gasteiger partial charge in [0.2, 0.25) is 0 Å². The van der Waals surface area contributed by atoms with E-state index in [1.54, 1.807) is 0 Å². The Morgan fingerprint density at radius 2 is 1.84 bits per heavy atom. The summed E-state index contributed by atoms with van der Waals surface area (Å²) >= 11 is 0. The smallest absolute Gasteiger partial charge is 0.0965 e. The van der Waals surface area contributed by atoms with E-state index in [0.29, 0.717) is 5.41 Å². The molecule has 19 heavy (non-hydrogen) atoms. The van der Waals surface area contributed by atoms with Gasteiger partial charge in [-0.25, -0.2) is 0 Å². The molecule has 1 saturated heterocycles. The molecular formula is C16H29N3. The molecule has 1 aliphatic heterocycles. The summed E-state index contributed by atoms with van der Waals surface area (Å²) in [5.41, 5.74) is 0.699. The Bertz CT molecular complexity index is 292. The molecule has 0 aromatic heterocycles. The van der Waals surface area contributed by atoms with Crippen LogP contribution in [0.25, 0.3) is 0 Å². The van der Waals surface area contributed by atoms with Crippen molar-refractivity contribution in [2.45, 2.75) is 64.3 Å². The summed E-state index contributed by atoms with van der Waals surface area (Å²) in [6, 6.07) is 2.40. The van der Waals surface area contributed by atoms with Crippen LogP contribution in [-0.2, 0) is 0 Å². The Balaban J connectivity index is 1.70. The lowest BCUT2D eigenvalue weighted by Gasteiger charge is -2.44. The van der Waals surface area contributed by atoms with Gasteiger partial charge in [0.25, 0.3) is 0 Å². The van der Waals surface area contributed by atoms with Crippen molar-refractivity contribution >= 4 is 0 Å². The molecular weight excluding hydrogens is 234 g/mol. The molecule has 0 aromatic carbocycles. The van der Waals surface area contributed by atoms with E-state index in [9.17, 15) is 0 Å². The number of nitrogens with one attached hydrogen (secondary N) is 1. The first-order valence-corrected chi connectivity index (χ1v) is 8.13. The summed E-state index contributed by atoms with van der Waals surface area (Å²) in [5.74, 6) is 0. The van der Waals surface area contributed by atoms with Gasteiger partial charge >= 0.3 is 0 Å². The third kappa shape index (κ3) is 4.19. The molecule has 1 spiro atoms. The zero-order valence-corrected chi connectivity index (χ0v) is 12.5. The van der Waals surface area contributed by atoms with E-state index in [1.165, 1.54) is 58.0 Å². The molecule has 1 unspecified atom stereocenters. The van der Waals surface area contributed by atoms with Gasteiger partial charge in [-0.3, -0.25) is 0 Å². The SMILES string of the molecule is CCNC(C#N)CCN1CCC2(CCCCC2)CC1. The van der Waals surface area contributed by atoms with Crippen molar-refractivity contribution < 1.29 is 0 Å². The molecule has 1 atom stereocenters. The van der Waals surface area contributed by atoms with Crippen molar-refractivity contribution in [2.24, 2.45) is 5.41 Å². The van der Waals surface area contributed by atoms with E-state index in [4.69, 9.17) is 5.26 Å². The Hall–Kier alpha value is -0.590. The summed E-state index contributed by atoms with van der Waals surface area (Å²) in [6.07, 6.45) is 11.1. The standard InChI is InChI=1S/C16H29N3/c1-2-18-15(14-17)6-11-19-12-9-16(10-13-19)7-4-3-5-8-16/h15,18H,2-13H2,1H3. The highest BCUT2D eigenvalue weighted by molar-refractivity contribution is 4.92. The molecule has 1 heterocycles. The van der Waals surface area contributed by atoms with E-state index in [2.05, 4.69) is 23.2 Å². The predicted molar refractivity (Wildman–Crippen MR) is 78.9 cm³/mol. The van der Waals surface area contributed by atoms with Gasteiger partial charge in [-0.1, -0.05) is 26.2 Å². The fourth-order valence-corrected chi connectivity index (χ4v) is 3.82. The fourth-order valence-electron chi connectivity index (χ4n) is 3.82. The lowest BCUT2D eigenvalue weighted by atomic mass is 9.68. The first-order valence-electron chi connectivity index (χ1n) is 8.13. The Labute approximate surface area is 118 Å². The number of rotatable bonds is 5. The zero-order chi connectivity index (χ0) is 13.6. The lowest BCUT2D eigenvalue weighted by Crippen LogP contribution is -2.42. The number of hydrogen-bond acceptors (Lipinski definition) is 3. The Morgan fingerprint density at radius 3 is 2.42 bits per heavy atom. The molecule has 0 amide bonds. The molecule has 0 bridgehead atoms. The van der Waals surface area contributed by atoms with Gasteiger partial charge < -0.3 is 10.2 Å². The maximum Gasteiger partial charge on any atom is 0.0965 e. The summed E-state index contributed by atoms with van der Waals surface area (Å²) in [4.78, 5) is 2.57. The normalized spacial score (nSPS) is 25.1. The molecule has 1 aliphatic carbocycles. The van der Waals surface area contributed by atoms with Crippen molar-refractivity contribution in [3.8, 4) is 6.07 Å². The monoisotopic (exact) mass is 263 g/mol. The quantitative estimate of drug-likeness (QED) is 0.829. The van der Waals surface area contributed by atoms with Crippen LogP contribution in [0, 0.1) is 16.7 Å². The first-order chi connectivity index (χ1) is 9.28. The van der Waals surface area contributed by atoms with E-state index < -0.39 is 0 Å². The molecule has 0 radical (unpaired) electrons. The van der Waals surface area contributed by atoms with Crippen molar-refractivity contribution in [3.05, 3.63) is 0 Å². The zero-order valence-electron chi connectivity index (χ0n) is 12.5. The van der Waals surface area contributed by atoms with Gasteiger partial charge in [-0.15, -0.1) is 0 Å². The number of hydrogen-bond donors (Lipinski definition) is 1. The summed E-state index contributed by atoms with van der Waals surface area (Å²) < 4.78 is 0. The van der Waals surface area contributed by atoms with E-state index >= 15 is 0 Å². The van der Waals surface area contributed by atoms with Crippen molar-refractivity contribution in [2.75, 3.05) is 26.2 Å². The molecule has 108 valence electrons. The molecule has 3 heteroatoms. The highest BCUT2D eigenvalue weighted by atomic mass is 15.1. The molecule has 0 aromatic rings. The van der Waals surface area contributed by atoms with Crippen LogP contribution in [0.1, 0.15) is 58.3 Å². The van der Waals surface area contributed by atoms with Crippen LogP contribution in [0.3, 0.4) is 0 Å². The highest BCUT2D eigenvalue weighted by Gasteiger charge is 2.35. The van der Waals surface area contributed by atoms with Crippen LogP contribution in [-0.4, -0.2) is 37.1 Å². The van der Waals surface area contributed by atoms with Gasteiger partial charge in [0, 0.05) is 6.54 Å². The number of nitriles is 1. The van der Waals surface area contributed by atoms with Crippen molar-refractivity contribution in [1.29, 1.82) is 5.26 Å². The maximum absolute atomic E-state index is 9.05. The van der Waals surface area contributed by atoms with Gasteiger partial charge in [0.15, 0.2) is 0 Å². The highest BCUT2D eigenvalue weighted by Crippen LogP contribution is 2.44. The minimum atomic E-state index is 0.0376. The topological polar surface area (TPSA) is 39.1 Å². The van der Waals surface area contributed by atoms with Crippen LogP contribution in [0.4, 0.5) is 0 Å². The lowest BCUT2D eigenvalue weighted by molar-refractivity contribution is 0.0666. The van der Waals surface area contributed by atoms with Crippen molar-refractivity contribution in [1.82, 2.24) is 10.2 Å². The average molecular weight is 263 g/mol. The maximum atomic E-state index is 9.05. The summed E-state index contributed by atoms with van der Waals surface area (Å²) in [6.45, 7) is 6.55. The first kappa shape index (κ1) is 14.8. The van der Waals surface area contributed by atoms with Gasteiger partial charge in [-0.05, 0) is 57.2 Å². The minimum absolute atomic E-state index is 0.0376. The molecule has 1 N–H and O–H groups in total. The second-order valence-electron chi connectivity index (χ2n) is 6.43. The Kier molecular flexibility index (Phi) is 5.66. The van der Waals surface area contributed by atoms with Crippen LogP contribution >= 0.6 is 0 Å². The van der Waals surface area contributed by atoms with Crippen LogP contribution in [0.15, 0.2) is 0 Å². The van der Waals surface area contributed by atoms with Crippen molar-refractivity contribution in [3.63, 3.8) is 0 Å². The summed E-state index contributed by atoms with van der Waals surface area (Å²) in [7, 11) is 0. The third-order valence-corrected chi connectivity index (χ3v) is 5.17. The third-order valence-electron chi connectivity index (χ3n) is 5.17. The largest absolute Gasteiger partial charge is 0.303 e. The minimum Gasteiger partial charge on any atom is -0.303 e. The van der Waals surface area contributed by atoms with E-state index in [1.807, 2.05) is 0 Å². The molecule has 2 rings (SSSR count). The van der Waals surface area contributed by atoms with Crippen LogP contribution in [0.5, 0.6) is 0 Å². The van der Waals surface area contributed by atoms with Gasteiger partial charge in [0.05, 0.1) is 12.1 Å². The number of piperidine rings is 1.